The van der Waals surface area contributed by atoms with Crippen molar-refractivity contribution < 1.29 is 0 Å². The van der Waals surface area contributed by atoms with Crippen LogP contribution in [0.2, 0.25) is 0 Å². The predicted molar refractivity (Wildman–Crippen MR) is 105 cm³/mol. The Morgan fingerprint density at radius 2 is 2.00 bits per heavy atom. The third-order valence-corrected chi connectivity index (χ3v) is 4.04. The van der Waals surface area contributed by atoms with Gasteiger partial charge in [-0.25, -0.2) is 9.67 Å². The van der Waals surface area contributed by atoms with Crippen LogP contribution in [0.1, 0.15) is 6.92 Å². The SMILES string of the molecule is C=C(C)Cn1c(=O)ccc2cnc(Nc3ccc(-n4cccn4)cc3)nc21. The van der Waals surface area contributed by atoms with Gasteiger partial charge in [0.1, 0.15) is 5.65 Å². The van der Waals surface area contributed by atoms with Gasteiger partial charge in [0.15, 0.2) is 0 Å². The van der Waals surface area contributed by atoms with Crippen LogP contribution in [0, 0.1) is 0 Å². The molecule has 4 rings (SSSR count). The molecule has 7 heteroatoms. The van der Waals surface area contributed by atoms with Gasteiger partial charge in [0, 0.05) is 42.3 Å². The maximum Gasteiger partial charge on any atom is 0.252 e. The second-order valence-electron chi connectivity index (χ2n) is 6.31. The van der Waals surface area contributed by atoms with E-state index in [1.54, 1.807) is 27.7 Å². The molecule has 0 aliphatic rings. The Morgan fingerprint density at radius 3 is 2.70 bits per heavy atom. The molecule has 0 bridgehead atoms. The summed E-state index contributed by atoms with van der Waals surface area (Å²) < 4.78 is 3.39. The molecule has 0 atom stereocenters. The standard InChI is InChI=1S/C20H18N6O/c1-14(2)13-25-18(27)9-4-15-12-21-20(24-19(15)25)23-16-5-7-17(8-6-16)26-11-3-10-22-26/h3-12H,1,13H2,2H3,(H,21,23,24). The van der Waals surface area contributed by atoms with E-state index in [4.69, 9.17) is 0 Å². The van der Waals surface area contributed by atoms with Crippen LogP contribution in [-0.4, -0.2) is 24.3 Å². The lowest BCUT2D eigenvalue weighted by Gasteiger charge is -2.11. The number of aromatic nitrogens is 5. The molecule has 0 amide bonds. The van der Waals surface area contributed by atoms with Crippen molar-refractivity contribution in [2.45, 2.75) is 13.5 Å². The van der Waals surface area contributed by atoms with E-state index >= 15 is 0 Å². The number of benzene rings is 1. The zero-order chi connectivity index (χ0) is 18.8. The van der Waals surface area contributed by atoms with Crippen LogP contribution in [0.5, 0.6) is 0 Å². The quantitative estimate of drug-likeness (QED) is 0.554. The number of allylic oxidation sites excluding steroid dienone is 1. The lowest BCUT2D eigenvalue weighted by Crippen LogP contribution is -2.21. The van der Waals surface area contributed by atoms with E-state index in [-0.39, 0.29) is 5.56 Å². The van der Waals surface area contributed by atoms with Crippen LogP contribution >= 0.6 is 0 Å². The summed E-state index contributed by atoms with van der Waals surface area (Å²) in [4.78, 5) is 21.1. The summed E-state index contributed by atoms with van der Waals surface area (Å²) in [5, 5.41) is 8.19. The first-order valence-corrected chi connectivity index (χ1v) is 8.48. The molecule has 0 radical (unpaired) electrons. The second kappa shape index (κ2) is 6.87. The number of hydrogen-bond donors (Lipinski definition) is 1. The third-order valence-electron chi connectivity index (χ3n) is 4.04. The minimum absolute atomic E-state index is 0.112. The van der Waals surface area contributed by atoms with E-state index < -0.39 is 0 Å². The van der Waals surface area contributed by atoms with Crippen molar-refractivity contribution in [3.63, 3.8) is 0 Å². The molecular formula is C20H18N6O. The first-order valence-electron chi connectivity index (χ1n) is 8.48. The number of anilines is 2. The highest BCUT2D eigenvalue weighted by atomic mass is 16.1. The van der Waals surface area contributed by atoms with Crippen molar-refractivity contribution in [2.24, 2.45) is 0 Å². The zero-order valence-corrected chi connectivity index (χ0v) is 14.8. The Balaban J connectivity index is 1.66. The van der Waals surface area contributed by atoms with E-state index in [1.165, 1.54) is 6.07 Å². The van der Waals surface area contributed by atoms with Gasteiger partial charge in [-0.15, -0.1) is 0 Å². The maximum atomic E-state index is 12.2. The normalized spacial score (nSPS) is 10.9. The van der Waals surface area contributed by atoms with Crippen molar-refractivity contribution in [3.8, 4) is 5.69 Å². The van der Waals surface area contributed by atoms with Crippen molar-refractivity contribution in [1.82, 2.24) is 24.3 Å². The minimum Gasteiger partial charge on any atom is -0.324 e. The fourth-order valence-corrected chi connectivity index (χ4v) is 2.80. The highest BCUT2D eigenvalue weighted by molar-refractivity contribution is 5.75. The minimum atomic E-state index is -0.112. The second-order valence-corrected chi connectivity index (χ2v) is 6.31. The molecular weight excluding hydrogens is 340 g/mol. The summed E-state index contributed by atoms with van der Waals surface area (Å²) in [6, 6.07) is 12.9. The molecule has 1 N–H and O–H groups in total. The molecule has 0 spiro atoms. The van der Waals surface area contributed by atoms with Gasteiger partial charge in [0.2, 0.25) is 5.95 Å². The average Bonchev–Trinajstić information content (AvgIpc) is 3.19. The van der Waals surface area contributed by atoms with E-state index in [1.807, 2.05) is 43.5 Å². The van der Waals surface area contributed by atoms with Gasteiger partial charge >= 0.3 is 0 Å². The largest absolute Gasteiger partial charge is 0.324 e. The molecule has 0 unspecified atom stereocenters. The lowest BCUT2D eigenvalue weighted by atomic mass is 10.3. The van der Waals surface area contributed by atoms with Crippen molar-refractivity contribution in [3.05, 3.63) is 83.6 Å². The number of nitrogens with one attached hydrogen (secondary N) is 1. The summed E-state index contributed by atoms with van der Waals surface area (Å²) in [6.07, 6.45) is 5.33. The van der Waals surface area contributed by atoms with Crippen LogP contribution in [0.25, 0.3) is 16.7 Å². The first-order chi connectivity index (χ1) is 13.1. The predicted octanol–water partition coefficient (Wildman–Crippen LogP) is 3.30. The average molecular weight is 358 g/mol. The van der Waals surface area contributed by atoms with Gasteiger partial charge in [0.25, 0.3) is 5.56 Å². The summed E-state index contributed by atoms with van der Waals surface area (Å²) >= 11 is 0. The summed E-state index contributed by atoms with van der Waals surface area (Å²) in [5.41, 5.74) is 3.15. The molecule has 3 aromatic heterocycles. The smallest absolute Gasteiger partial charge is 0.252 e. The van der Waals surface area contributed by atoms with Crippen LogP contribution < -0.4 is 10.9 Å². The van der Waals surface area contributed by atoms with Crippen LogP contribution in [0.3, 0.4) is 0 Å². The molecule has 7 nitrogen and oxygen atoms in total. The van der Waals surface area contributed by atoms with Gasteiger partial charge in [-0.05, 0) is 43.3 Å². The number of rotatable bonds is 5. The molecule has 27 heavy (non-hydrogen) atoms. The van der Waals surface area contributed by atoms with Gasteiger partial charge in [-0.1, -0.05) is 12.2 Å². The number of hydrogen-bond acceptors (Lipinski definition) is 5. The van der Waals surface area contributed by atoms with E-state index in [0.717, 1.165) is 22.3 Å². The molecule has 3 heterocycles. The van der Waals surface area contributed by atoms with Crippen molar-refractivity contribution in [1.29, 1.82) is 0 Å². The van der Waals surface area contributed by atoms with Gasteiger partial charge in [0.05, 0.1) is 5.69 Å². The van der Waals surface area contributed by atoms with E-state index in [9.17, 15) is 4.79 Å². The Labute approximate surface area is 155 Å². The van der Waals surface area contributed by atoms with E-state index in [2.05, 4.69) is 27.0 Å². The molecule has 134 valence electrons. The van der Waals surface area contributed by atoms with Crippen molar-refractivity contribution in [2.75, 3.05) is 5.32 Å². The highest BCUT2D eigenvalue weighted by Crippen LogP contribution is 2.18. The monoisotopic (exact) mass is 358 g/mol. The first kappa shape index (κ1) is 16.7. The molecule has 0 aliphatic carbocycles. The molecule has 1 aromatic carbocycles. The summed E-state index contributed by atoms with van der Waals surface area (Å²) in [5.74, 6) is 0.426. The highest BCUT2D eigenvalue weighted by Gasteiger charge is 2.07. The summed E-state index contributed by atoms with van der Waals surface area (Å²) in [7, 11) is 0. The summed E-state index contributed by atoms with van der Waals surface area (Å²) in [6.45, 7) is 6.20. The molecule has 0 fully saturated rings. The fourth-order valence-electron chi connectivity index (χ4n) is 2.80. The van der Waals surface area contributed by atoms with Gasteiger partial charge in [-0.3, -0.25) is 9.36 Å². The Kier molecular flexibility index (Phi) is 4.25. The third kappa shape index (κ3) is 3.48. The van der Waals surface area contributed by atoms with Crippen LogP contribution in [0.15, 0.2) is 78.0 Å². The van der Waals surface area contributed by atoms with Crippen LogP contribution in [-0.2, 0) is 6.54 Å². The van der Waals surface area contributed by atoms with E-state index in [0.29, 0.717) is 18.1 Å². The number of fused-ring (bicyclic) bond motifs is 1. The maximum absolute atomic E-state index is 12.2. The van der Waals surface area contributed by atoms with Gasteiger partial charge in [-0.2, -0.15) is 10.1 Å². The molecule has 0 aliphatic heterocycles. The topological polar surface area (TPSA) is 77.6 Å². The molecule has 4 aromatic rings. The number of nitrogens with zero attached hydrogens (tertiary/aromatic N) is 5. The van der Waals surface area contributed by atoms with Crippen molar-refractivity contribution >= 4 is 22.7 Å². The Hall–Kier alpha value is -3.74. The molecule has 0 saturated carbocycles. The fraction of sp³-hybridized carbons (Fsp3) is 0.100. The Bertz CT molecular complexity index is 1160. The molecule has 0 saturated heterocycles. The lowest BCUT2D eigenvalue weighted by molar-refractivity contribution is 0.771. The van der Waals surface area contributed by atoms with Gasteiger partial charge < -0.3 is 5.32 Å². The Morgan fingerprint density at radius 1 is 1.19 bits per heavy atom. The van der Waals surface area contributed by atoms with Crippen LogP contribution in [0.4, 0.5) is 11.6 Å². The zero-order valence-electron chi connectivity index (χ0n) is 14.8. The number of pyridine rings is 1.